The number of nitrogens with zero attached hydrogens (tertiary/aromatic N) is 3. The summed E-state index contributed by atoms with van der Waals surface area (Å²) in [7, 11) is 1.58. The number of hydrogen-bond donors (Lipinski definition) is 4. The van der Waals surface area contributed by atoms with Gasteiger partial charge in [0.15, 0.2) is 0 Å². The molecule has 1 aliphatic heterocycles. The summed E-state index contributed by atoms with van der Waals surface area (Å²) in [6.07, 6.45) is -0.951. The van der Waals surface area contributed by atoms with Crippen molar-refractivity contribution in [1.82, 2.24) is 25.3 Å². The molecular weight excluding hydrogens is 415 g/mol. The summed E-state index contributed by atoms with van der Waals surface area (Å²) >= 11 is 5.87. The van der Waals surface area contributed by atoms with E-state index < -0.39 is 29.5 Å². The van der Waals surface area contributed by atoms with Crippen LogP contribution in [-0.2, 0) is 13.1 Å². The van der Waals surface area contributed by atoms with Gasteiger partial charge in [-0.2, -0.15) is 5.10 Å². The van der Waals surface area contributed by atoms with Gasteiger partial charge in [0.2, 0.25) is 0 Å². The normalized spacial score (nSPS) is 14.9. The zero-order valence-electron chi connectivity index (χ0n) is 16.9. The minimum absolute atomic E-state index is 0.0950. The number of nitrogens with two attached hydrogens (primary N) is 1. The van der Waals surface area contributed by atoms with Crippen molar-refractivity contribution in [1.29, 1.82) is 0 Å². The average molecular weight is 439 g/mol. The third kappa shape index (κ3) is 4.11. The third-order valence-corrected chi connectivity index (χ3v) is 5.38. The molecule has 3 rings (SSSR count). The molecule has 0 saturated heterocycles. The summed E-state index contributed by atoms with van der Waals surface area (Å²) in [5.74, 6) is -1.29. The summed E-state index contributed by atoms with van der Waals surface area (Å²) in [4.78, 5) is 26.5. The van der Waals surface area contributed by atoms with Crippen molar-refractivity contribution in [3.63, 3.8) is 0 Å². The van der Waals surface area contributed by atoms with Crippen LogP contribution in [0.5, 0.6) is 0 Å². The fraction of sp³-hybridized carbons (Fsp3) is 0.421. The second-order valence-corrected chi connectivity index (χ2v) is 8.06. The molecule has 162 valence electrons. The van der Waals surface area contributed by atoms with Crippen LogP contribution in [0.4, 0.5) is 9.18 Å². The zero-order valence-corrected chi connectivity index (χ0v) is 17.6. The van der Waals surface area contributed by atoms with E-state index in [1.165, 1.54) is 23.1 Å². The minimum Gasteiger partial charge on any atom is -0.376 e. The number of hydrogen-bond acceptors (Lipinski definition) is 5. The number of benzene rings is 1. The molecule has 2 aromatic rings. The van der Waals surface area contributed by atoms with Crippen LogP contribution in [0.2, 0.25) is 5.02 Å². The Balaban J connectivity index is 1.91. The standard InChI is InChI=1S/C19H24ClFN6O3/c1-19(2,17(29)23-3)24-18(30)26-6-7-27-13(9-26)14(16(22)28)15(25-27)10-4-5-12(21)11(20)8-10/h4-5,8,17,23,29H,6-7,9H2,1-3H3,(H2,22,28)(H,24,30). The van der Waals surface area contributed by atoms with Gasteiger partial charge in [0, 0.05) is 12.1 Å². The Morgan fingerprint density at radius 1 is 1.37 bits per heavy atom. The van der Waals surface area contributed by atoms with Crippen LogP contribution in [0.1, 0.15) is 29.9 Å². The number of aromatic nitrogens is 2. The molecule has 3 amide bonds. The second kappa shape index (κ2) is 8.21. The van der Waals surface area contributed by atoms with Crippen molar-refractivity contribution in [2.75, 3.05) is 13.6 Å². The highest BCUT2D eigenvalue weighted by Gasteiger charge is 2.34. The van der Waals surface area contributed by atoms with Gasteiger partial charge >= 0.3 is 6.03 Å². The van der Waals surface area contributed by atoms with E-state index in [2.05, 4.69) is 15.7 Å². The van der Waals surface area contributed by atoms with E-state index in [4.69, 9.17) is 17.3 Å². The molecule has 0 radical (unpaired) electrons. The van der Waals surface area contributed by atoms with E-state index in [0.29, 0.717) is 24.3 Å². The molecule has 0 bridgehead atoms. The van der Waals surface area contributed by atoms with Crippen LogP contribution in [0, 0.1) is 5.82 Å². The summed E-state index contributed by atoms with van der Waals surface area (Å²) in [6, 6.07) is 3.64. The van der Waals surface area contributed by atoms with Crippen molar-refractivity contribution in [3.8, 4) is 11.3 Å². The maximum atomic E-state index is 13.5. The molecule has 5 N–H and O–H groups in total. The quantitative estimate of drug-likeness (QED) is 0.523. The number of nitrogens with one attached hydrogen (secondary N) is 2. The van der Waals surface area contributed by atoms with Crippen molar-refractivity contribution < 1.29 is 19.1 Å². The number of halogens is 2. The maximum Gasteiger partial charge on any atom is 0.318 e. The summed E-state index contributed by atoms with van der Waals surface area (Å²) < 4.78 is 15.2. The smallest absolute Gasteiger partial charge is 0.318 e. The fourth-order valence-electron chi connectivity index (χ4n) is 3.38. The van der Waals surface area contributed by atoms with E-state index in [1.807, 2.05) is 0 Å². The Morgan fingerprint density at radius 2 is 2.07 bits per heavy atom. The number of fused-ring (bicyclic) bond motifs is 1. The molecule has 0 aliphatic carbocycles. The molecule has 0 fully saturated rings. The van der Waals surface area contributed by atoms with Crippen LogP contribution in [0.15, 0.2) is 18.2 Å². The molecular formula is C19H24ClFN6O3. The number of aliphatic hydroxyl groups excluding tert-OH is 1. The van der Waals surface area contributed by atoms with Crippen LogP contribution in [0.3, 0.4) is 0 Å². The summed E-state index contributed by atoms with van der Waals surface area (Å²) in [5.41, 5.74) is 6.06. The number of likely N-dealkylation sites (N-methyl/N-ethyl adjacent to an activating group) is 1. The van der Waals surface area contributed by atoms with E-state index in [1.54, 1.807) is 25.6 Å². The number of urea groups is 1. The number of rotatable bonds is 5. The lowest BCUT2D eigenvalue weighted by Gasteiger charge is -2.35. The predicted octanol–water partition coefficient (Wildman–Crippen LogP) is 1.28. The summed E-state index contributed by atoms with van der Waals surface area (Å²) in [5, 5.41) is 19.8. The first-order valence-electron chi connectivity index (χ1n) is 9.32. The fourth-order valence-corrected chi connectivity index (χ4v) is 3.56. The number of aliphatic hydroxyl groups is 1. The molecule has 9 nitrogen and oxygen atoms in total. The van der Waals surface area contributed by atoms with Gasteiger partial charge in [-0.3, -0.25) is 14.8 Å². The third-order valence-electron chi connectivity index (χ3n) is 5.09. The lowest BCUT2D eigenvalue weighted by molar-refractivity contribution is 0.0575. The lowest BCUT2D eigenvalue weighted by atomic mass is 10.0. The maximum absolute atomic E-state index is 13.5. The molecule has 0 spiro atoms. The zero-order chi connectivity index (χ0) is 22.2. The van der Waals surface area contributed by atoms with Gasteiger partial charge < -0.3 is 21.1 Å². The largest absolute Gasteiger partial charge is 0.376 e. The Labute approximate surface area is 178 Å². The van der Waals surface area contributed by atoms with Crippen molar-refractivity contribution >= 4 is 23.5 Å². The topological polar surface area (TPSA) is 126 Å². The molecule has 0 saturated carbocycles. The van der Waals surface area contributed by atoms with Crippen molar-refractivity contribution in [2.24, 2.45) is 5.73 Å². The number of carbonyl (C=O) groups is 2. The van der Waals surface area contributed by atoms with Crippen LogP contribution < -0.4 is 16.4 Å². The Morgan fingerprint density at radius 3 is 2.67 bits per heavy atom. The first kappa shape index (κ1) is 22.0. The van der Waals surface area contributed by atoms with E-state index >= 15 is 0 Å². The molecule has 1 aliphatic rings. The first-order valence-corrected chi connectivity index (χ1v) is 9.70. The van der Waals surface area contributed by atoms with E-state index in [9.17, 15) is 19.1 Å². The minimum atomic E-state index is -0.951. The second-order valence-electron chi connectivity index (χ2n) is 7.65. The van der Waals surface area contributed by atoms with Crippen molar-refractivity contribution in [3.05, 3.63) is 40.3 Å². The van der Waals surface area contributed by atoms with Crippen LogP contribution in [-0.4, -0.2) is 57.1 Å². The Kier molecular flexibility index (Phi) is 6.02. The molecule has 11 heteroatoms. The first-order chi connectivity index (χ1) is 14.0. The van der Waals surface area contributed by atoms with Gasteiger partial charge in [0.1, 0.15) is 17.7 Å². The molecule has 1 aromatic carbocycles. The van der Waals surface area contributed by atoms with Crippen LogP contribution >= 0.6 is 11.6 Å². The Bertz CT molecular complexity index is 993. The van der Waals surface area contributed by atoms with Crippen LogP contribution in [0.25, 0.3) is 11.3 Å². The average Bonchev–Trinajstić information content (AvgIpc) is 3.07. The van der Waals surface area contributed by atoms with Gasteiger partial charge in [-0.25, -0.2) is 9.18 Å². The monoisotopic (exact) mass is 438 g/mol. The molecule has 30 heavy (non-hydrogen) atoms. The number of carbonyl (C=O) groups excluding carboxylic acids is 2. The number of primary amides is 1. The predicted molar refractivity (Wildman–Crippen MR) is 109 cm³/mol. The molecule has 1 atom stereocenters. The van der Waals surface area contributed by atoms with Gasteiger partial charge in [-0.1, -0.05) is 11.6 Å². The lowest BCUT2D eigenvalue weighted by Crippen LogP contribution is -2.60. The van der Waals surface area contributed by atoms with Gasteiger partial charge in [0.25, 0.3) is 5.91 Å². The molecule has 2 heterocycles. The summed E-state index contributed by atoms with van der Waals surface area (Å²) in [6.45, 7) is 4.15. The number of amides is 3. The van der Waals surface area contributed by atoms with Gasteiger partial charge in [-0.05, 0) is 39.1 Å². The van der Waals surface area contributed by atoms with E-state index in [0.717, 1.165) is 0 Å². The van der Waals surface area contributed by atoms with Crippen molar-refractivity contribution in [2.45, 2.75) is 38.7 Å². The highest BCUT2D eigenvalue weighted by atomic mass is 35.5. The Hall–Kier alpha value is -2.69. The van der Waals surface area contributed by atoms with Gasteiger partial charge in [-0.15, -0.1) is 0 Å². The SMILES string of the molecule is CNC(O)C(C)(C)NC(=O)N1CCn2nc(-c3ccc(F)c(Cl)c3)c(C(N)=O)c2C1. The molecule has 1 aromatic heterocycles. The highest BCUT2D eigenvalue weighted by molar-refractivity contribution is 6.31. The van der Waals surface area contributed by atoms with Gasteiger partial charge in [0.05, 0.1) is 34.9 Å². The highest BCUT2D eigenvalue weighted by Crippen LogP contribution is 2.30. The van der Waals surface area contributed by atoms with E-state index in [-0.39, 0.29) is 22.8 Å². The molecule has 1 unspecified atom stereocenters.